The Morgan fingerprint density at radius 3 is 2.50 bits per heavy atom. The Morgan fingerprint density at radius 2 is 1.78 bits per heavy atom. The van der Waals surface area contributed by atoms with Crippen LogP contribution in [0, 0.1) is 0 Å². The number of carbonyl (C=O) groups excluding carboxylic acids is 2. The van der Waals surface area contributed by atoms with E-state index >= 15 is 0 Å². The highest BCUT2D eigenvalue weighted by Gasteiger charge is 2.21. The van der Waals surface area contributed by atoms with Crippen LogP contribution in [0.4, 0.5) is 5.69 Å². The number of nitrogens with one attached hydrogen (secondary N) is 1. The monoisotopic (exact) mass is 512 g/mol. The van der Waals surface area contributed by atoms with Crippen molar-refractivity contribution in [3.63, 3.8) is 0 Å². The van der Waals surface area contributed by atoms with Crippen molar-refractivity contribution in [3.8, 4) is 0 Å². The number of carbonyl (C=O) groups is 2. The molecule has 2 heterocycles. The lowest BCUT2D eigenvalue weighted by atomic mass is 10.1. The standard InChI is InChI=1S/C26H29ClN4O5/c1-36-25(34)18-9-10-21-22(16-18)28-26(35)31(24(21)33)11-4-2-3-8-23(32)30-14-12-29(13-15-30)20-7-5-6-19(27)17-20/h5-7,9-10,16-17H,2-4,8,11-15H2,1H3,(H,28,35). The second-order valence-electron chi connectivity index (χ2n) is 8.80. The summed E-state index contributed by atoms with van der Waals surface area (Å²) in [4.78, 5) is 56.3. The fraction of sp³-hybridized carbons (Fsp3) is 0.385. The first-order valence-corrected chi connectivity index (χ1v) is 12.4. The van der Waals surface area contributed by atoms with Gasteiger partial charge in [-0.3, -0.25) is 14.2 Å². The molecule has 0 atom stereocenters. The van der Waals surface area contributed by atoms with Crippen molar-refractivity contribution in [2.45, 2.75) is 32.2 Å². The molecule has 0 radical (unpaired) electrons. The third kappa shape index (κ3) is 5.79. The summed E-state index contributed by atoms with van der Waals surface area (Å²) >= 11 is 6.08. The molecule has 0 spiro atoms. The number of fused-ring (bicyclic) bond motifs is 1. The van der Waals surface area contributed by atoms with E-state index in [-0.39, 0.29) is 18.0 Å². The van der Waals surface area contributed by atoms with E-state index in [9.17, 15) is 19.2 Å². The van der Waals surface area contributed by atoms with Crippen molar-refractivity contribution >= 4 is 40.1 Å². The number of amides is 1. The Balaban J connectivity index is 1.25. The van der Waals surface area contributed by atoms with Gasteiger partial charge in [0.2, 0.25) is 5.91 Å². The summed E-state index contributed by atoms with van der Waals surface area (Å²) in [5, 5.41) is 1.03. The van der Waals surface area contributed by atoms with Gasteiger partial charge in [0.05, 0.1) is 23.6 Å². The minimum Gasteiger partial charge on any atom is -0.465 e. The van der Waals surface area contributed by atoms with Crippen LogP contribution >= 0.6 is 11.6 Å². The number of H-pyrrole nitrogens is 1. The van der Waals surface area contributed by atoms with Gasteiger partial charge >= 0.3 is 11.7 Å². The Labute approximate surface area is 213 Å². The van der Waals surface area contributed by atoms with Gasteiger partial charge in [-0.15, -0.1) is 0 Å². The molecule has 0 saturated carbocycles. The van der Waals surface area contributed by atoms with E-state index in [1.807, 2.05) is 29.2 Å². The number of methoxy groups -OCH3 is 1. The van der Waals surface area contributed by atoms with Crippen LogP contribution in [0.15, 0.2) is 52.1 Å². The average molecular weight is 513 g/mol. The van der Waals surface area contributed by atoms with Gasteiger partial charge in [0, 0.05) is 49.9 Å². The average Bonchev–Trinajstić information content (AvgIpc) is 2.89. The molecule has 1 aliphatic heterocycles. The van der Waals surface area contributed by atoms with Crippen molar-refractivity contribution in [2.75, 3.05) is 38.2 Å². The Bertz CT molecular complexity index is 1370. The predicted molar refractivity (Wildman–Crippen MR) is 139 cm³/mol. The minimum atomic E-state index is -0.542. The van der Waals surface area contributed by atoms with Crippen LogP contribution in [0.1, 0.15) is 36.0 Å². The van der Waals surface area contributed by atoms with E-state index in [1.54, 1.807) is 0 Å². The first-order valence-electron chi connectivity index (χ1n) is 12.0. The number of hydrogen-bond acceptors (Lipinski definition) is 6. The molecule has 4 rings (SSSR count). The van der Waals surface area contributed by atoms with Crippen LogP contribution in [0.25, 0.3) is 10.9 Å². The topological polar surface area (TPSA) is 105 Å². The van der Waals surface area contributed by atoms with Gasteiger partial charge in [-0.05, 0) is 49.2 Å². The Hall–Kier alpha value is -3.59. The minimum absolute atomic E-state index is 0.128. The zero-order valence-electron chi connectivity index (χ0n) is 20.2. The van der Waals surface area contributed by atoms with E-state index in [0.29, 0.717) is 48.3 Å². The summed E-state index contributed by atoms with van der Waals surface area (Å²) in [6, 6.07) is 12.2. The summed E-state index contributed by atoms with van der Waals surface area (Å²) in [7, 11) is 1.27. The molecule has 36 heavy (non-hydrogen) atoms. The van der Waals surface area contributed by atoms with Crippen LogP contribution in [0.2, 0.25) is 5.02 Å². The quantitative estimate of drug-likeness (QED) is 0.367. The number of anilines is 1. The van der Waals surface area contributed by atoms with E-state index in [1.165, 1.54) is 25.3 Å². The molecule has 190 valence electrons. The highest BCUT2D eigenvalue weighted by atomic mass is 35.5. The van der Waals surface area contributed by atoms with Crippen LogP contribution in [0.3, 0.4) is 0 Å². The van der Waals surface area contributed by atoms with Gasteiger partial charge < -0.3 is 19.5 Å². The molecular weight excluding hydrogens is 484 g/mol. The van der Waals surface area contributed by atoms with Gasteiger partial charge in [0.1, 0.15) is 0 Å². The number of aromatic amines is 1. The zero-order chi connectivity index (χ0) is 25.7. The van der Waals surface area contributed by atoms with E-state index in [0.717, 1.165) is 29.8 Å². The predicted octanol–water partition coefficient (Wildman–Crippen LogP) is 3.04. The zero-order valence-corrected chi connectivity index (χ0v) is 20.9. The lowest BCUT2D eigenvalue weighted by molar-refractivity contribution is -0.131. The molecule has 0 unspecified atom stereocenters. The Morgan fingerprint density at radius 1 is 1.00 bits per heavy atom. The normalized spacial score (nSPS) is 13.7. The maximum atomic E-state index is 12.8. The maximum absolute atomic E-state index is 12.8. The molecule has 3 aromatic rings. The number of nitrogens with zero attached hydrogens (tertiary/aromatic N) is 3. The molecule has 10 heteroatoms. The van der Waals surface area contributed by atoms with E-state index in [4.69, 9.17) is 11.6 Å². The summed E-state index contributed by atoms with van der Waals surface area (Å²) < 4.78 is 5.84. The van der Waals surface area contributed by atoms with Crippen LogP contribution in [-0.2, 0) is 16.1 Å². The van der Waals surface area contributed by atoms with Gasteiger partial charge in [0.25, 0.3) is 5.56 Å². The van der Waals surface area contributed by atoms with Gasteiger partial charge in [-0.1, -0.05) is 24.1 Å². The lowest BCUT2D eigenvalue weighted by Crippen LogP contribution is -2.48. The largest absolute Gasteiger partial charge is 0.465 e. The molecule has 1 saturated heterocycles. The van der Waals surface area contributed by atoms with Crippen molar-refractivity contribution in [1.82, 2.24) is 14.5 Å². The molecule has 1 aliphatic rings. The summed E-state index contributed by atoms with van der Waals surface area (Å²) in [5.41, 5.74) is 0.693. The number of halogens is 1. The second kappa shape index (κ2) is 11.4. The summed E-state index contributed by atoms with van der Waals surface area (Å²) in [5.74, 6) is -0.415. The van der Waals surface area contributed by atoms with Crippen LogP contribution in [-0.4, -0.2) is 59.6 Å². The smallest absolute Gasteiger partial charge is 0.337 e. The van der Waals surface area contributed by atoms with Crippen molar-refractivity contribution < 1.29 is 14.3 Å². The van der Waals surface area contributed by atoms with Crippen LogP contribution in [0.5, 0.6) is 0 Å². The molecule has 1 amide bonds. The van der Waals surface area contributed by atoms with Gasteiger partial charge in [0.15, 0.2) is 0 Å². The molecule has 1 fully saturated rings. The SMILES string of the molecule is COC(=O)c1ccc2c(=O)n(CCCCCC(=O)N3CCN(c4cccc(Cl)c4)CC3)c(=O)[nH]c2c1. The maximum Gasteiger partial charge on any atom is 0.337 e. The summed E-state index contributed by atoms with van der Waals surface area (Å²) in [6.45, 7) is 3.13. The van der Waals surface area contributed by atoms with Crippen molar-refractivity contribution in [1.29, 1.82) is 0 Å². The van der Waals surface area contributed by atoms with Gasteiger partial charge in [-0.25, -0.2) is 9.59 Å². The fourth-order valence-electron chi connectivity index (χ4n) is 4.47. The molecule has 2 aromatic carbocycles. The van der Waals surface area contributed by atoms with Gasteiger partial charge in [-0.2, -0.15) is 0 Å². The first-order chi connectivity index (χ1) is 17.4. The highest BCUT2D eigenvalue weighted by molar-refractivity contribution is 6.30. The molecular formula is C26H29ClN4O5. The first kappa shape index (κ1) is 25.5. The number of unbranched alkanes of at least 4 members (excludes halogenated alkanes) is 2. The molecule has 0 aliphatic carbocycles. The van der Waals surface area contributed by atoms with Crippen molar-refractivity contribution in [2.24, 2.45) is 0 Å². The Kier molecular flexibility index (Phi) is 8.10. The molecule has 9 nitrogen and oxygen atoms in total. The number of benzene rings is 2. The molecule has 1 N–H and O–H groups in total. The third-order valence-corrected chi connectivity index (χ3v) is 6.72. The number of piperazine rings is 1. The third-order valence-electron chi connectivity index (χ3n) is 6.48. The number of aromatic nitrogens is 2. The number of esters is 1. The molecule has 0 bridgehead atoms. The summed E-state index contributed by atoms with van der Waals surface area (Å²) in [6.07, 6.45) is 2.45. The molecule has 1 aromatic heterocycles. The van der Waals surface area contributed by atoms with Crippen molar-refractivity contribution in [3.05, 3.63) is 73.9 Å². The fourth-order valence-corrected chi connectivity index (χ4v) is 4.65. The van der Waals surface area contributed by atoms with E-state index < -0.39 is 17.2 Å². The van der Waals surface area contributed by atoms with Crippen LogP contribution < -0.4 is 16.1 Å². The highest BCUT2D eigenvalue weighted by Crippen LogP contribution is 2.21. The van der Waals surface area contributed by atoms with E-state index in [2.05, 4.69) is 14.6 Å². The second-order valence-corrected chi connectivity index (χ2v) is 9.23. The number of hydrogen-bond donors (Lipinski definition) is 1. The number of ether oxygens (including phenoxy) is 1. The lowest BCUT2D eigenvalue weighted by Gasteiger charge is -2.36. The number of rotatable bonds is 8.